The molecule has 3 aromatic heterocycles. The molecule has 2 N–H and O–H groups in total. The molecule has 0 bridgehead atoms. The van der Waals surface area contributed by atoms with Gasteiger partial charge in [-0.1, -0.05) is 20.8 Å². The first-order valence-corrected chi connectivity index (χ1v) is 13.2. The standard InChI is InChI=1S/C19H22BrN3OSSi/c1-19(2,3)26(4,5)24-11-6-7-12-14(10-11)21-16(15(12)20)17-18-13(22-23-17)8-9-25-18/h6-10,21H,1-5H3,(H,22,23). The average molecular weight is 448 g/mol. The molecular weight excluding hydrogens is 426 g/mol. The summed E-state index contributed by atoms with van der Waals surface area (Å²) in [6.07, 6.45) is 0. The molecule has 0 aliphatic rings. The molecule has 0 spiro atoms. The largest absolute Gasteiger partial charge is 0.543 e. The van der Waals surface area contributed by atoms with Crippen LogP contribution in [0.25, 0.3) is 32.5 Å². The molecule has 0 unspecified atom stereocenters. The Balaban J connectivity index is 1.78. The van der Waals surface area contributed by atoms with E-state index in [-0.39, 0.29) is 5.04 Å². The SMILES string of the molecule is CC(C)(C)[Si](C)(C)Oc1ccc2c(Br)c(-c3n[nH]c4ccsc34)[nH]c2c1. The highest BCUT2D eigenvalue weighted by atomic mass is 79.9. The van der Waals surface area contributed by atoms with Gasteiger partial charge in [0.1, 0.15) is 11.4 Å². The van der Waals surface area contributed by atoms with Crippen LogP contribution in [-0.4, -0.2) is 23.5 Å². The van der Waals surface area contributed by atoms with Gasteiger partial charge in [0.05, 0.1) is 25.9 Å². The number of aromatic amines is 2. The van der Waals surface area contributed by atoms with Gasteiger partial charge >= 0.3 is 0 Å². The van der Waals surface area contributed by atoms with Crippen molar-refractivity contribution in [3.8, 4) is 17.1 Å². The fourth-order valence-electron chi connectivity index (χ4n) is 2.73. The third-order valence-electron chi connectivity index (χ3n) is 5.29. The number of aromatic nitrogens is 3. The zero-order valence-corrected chi connectivity index (χ0v) is 18.9. The lowest BCUT2D eigenvalue weighted by Crippen LogP contribution is -2.43. The van der Waals surface area contributed by atoms with Crippen molar-refractivity contribution < 1.29 is 4.43 Å². The van der Waals surface area contributed by atoms with Gasteiger partial charge < -0.3 is 9.41 Å². The van der Waals surface area contributed by atoms with Crippen LogP contribution in [0.4, 0.5) is 0 Å². The molecule has 26 heavy (non-hydrogen) atoms. The van der Waals surface area contributed by atoms with Crippen molar-refractivity contribution in [2.24, 2.45) is 0 Å². The topological polar surface area (TPSA) is 53.7 Å². The monoisotopic (exact) mass is 447 g/mol. The van der Waals surface area contributed by atoms with E-state index in [9.17, 15) is 0 Å². The second-order valence-electron chi connectivity index (χ2n) is 8.12. The van der Waals surface area contributed by atoms with Crippen molar-refractivity contribution in [1.29, 1.82) is 0 Å². The number of halogens is 1. The number of hydrogen-bond acceptors (Lipinski definition) is 3. The molecule has 0 aliphatic heterocycles. The van der Waals surface area contributed by atoms with Crippen LogP contribution in [0.2, 0.25) is 18.1 Å². The Bertz CT molecular complexity index is 1100. The highest BCUT2D eigenvalue weighted by molar-refractivity contribution is 9.10. The molecular formula is C19H22BrN3OSSi. The number of H-pyrrole nitrogens is 2. The van der Waals surface area contributed by atoms with Gasteiger partial charge in [-0.3, -0.25) is 5.10 Å². The normalized spacial score (nSPS) is 13.0. The number of nitrogens with one attached hydrogen (secondary N) is 2. The maximum absolute atomic E-state index is 6.46. The lowest BCUT2D eigenvalue weighted by molar-refractivity contribution is 0.493. The van der Waals surface area contributed by atoms with Gasteiger partial charge in [-0.2, -0.15) is 5.10 Å². The Hall–Kier alpha value is -1.57. The summed E-state index contributed by atoms with van der Waals surface area (Å²) in [6, 6.07) is 8.33. The molecule has 1 aromatic carbocycles. The van der Waals surface area contributed by atoms with Crippen molar-refractivity contribution in [3.05, 3.63) is 34.1 Å². The molecule has 0 fully saturated rings. The number of nitrogens with zero attached hydrogens (tertiary/aromatic N) is 1. The second-order valence-corrected chi connectivity index (χ2v) is 14.6. The first-order valence-electron chi connectivity index (χ1n) is 8.59. The lowest BCUT2D eigenvalue weighted by atomic mass is 10.2. The fraction of sp³-hybridized carbons (Fsp3) is 0.316. The van der Waals surface area contributed by atoms with Crippen LogP contribution < -0.4 is 4.43 Å². The van der Waals surface area contributed by atoms with E-state index < -0.39 is 8.32 Å². The summed E-state index contributed by atoms with van der Waals surface area (Å²) in [5.74, 6) is 0.924. The van der Waals surface area contributed by atoms with E-state index >= 15 is 0 Å². The molecule has 4 rings (SSSR count). The van der Waals surface area contributed by atoms with E-state index in [0.717, 1.165) is 42.7 Å². The Morgan fingerprint density at radius 2 is 1.92 bits per heavy atom. The minimum atomic E-state index is -1.86. The summed E-state index contributed by atoms with van der Waals surface area (Å²) >= 11 is 5.45. The van der Waals surface area contributed by atoms with Crippen LogP contribution in [-0.2, 0) is 0 Å². The zero-order valence-electron chi connectivity index (χ0n) is 15.5. The summed E-state index contributed by atoms with van der Waals surface area (Å²) in [5.41, 5.74) is 4.07. The number of fused-ring (bicyclic) bond motifs is 2. The van der Waals surface area contributed by atoms with Crippen molar-refractivity contribution in [2.45, 2.75) is 38.9 Å². The Labute approximate surface area is 166 Å². The van der Waals surface area contributed by atoms with Gasteiger partial charge in [-0.15, -0.1) is 11.3 Å². The van der Waals surface area contributed by atoms with Gasteiger partial charge in [0.2, 0.25) is 8.32 Å². The quantitative estimate of drug-likeness (QED) is 0.334. The Morgan fingerprint density at radius 3 is 2.65 bits per heavy atom. The molecule has 3 heterocycles. The molecule has 0 aliphatic carbocycles. The molecule has 7 heteroatoms. The number of thiophene rings is 1. The number of rotatable bonds is 3. The zero-order chi connectivity index (χ0) is 18.7. The lowest BCUT2D eigenvalue weighted by Gasteiger charge is -2.36. The van der Waals surface area contributed by atoms with E-state index in [0.29, 0.717) is 0 Å². The number of hydrogen-bond donors (Lipinski definition) is 2. The highest BCUT2D eigenvalue weighted by Crippen LogP contribution is 2.41. The first kappa shape index (κ1) is 17.8. The van der Waals surface area contributed by atoms with Gasteiger partial charge in [0.25, 0.3) is 0 Å². The molecule has 0 saturated carbocycles. The summed E-state index contributed by atoms with van der Waals surface area (Å²) in [4.78, 5) is 3.53. The Kier molecular flexibility index (Phi) is 4.09. The minimum Gasteiger partial charge on any atom is -0.543 e. The molecule has 0 atom stereocenters. The van der Waals surface area contributed by atoms with Gasteiger partial charge in [0.15, 0.2) is 0 Å². The predicted molar refractivity (Wildman–Crippen MR) is 117 cm³/mol. The fourth-order valence-corrected chi connectivity index (χ4v) is 5.23. The van der Waals surface area contributed by atoms with Crippen molar-refractivity contribution in [3.63, 3.8) is 0 Å². The Morgan fingerprint density at radius 1 is 1.15 bits per heavy atom. The first-order chi connectivity index (χ1) is 12.2. The smallest absolute Gasteiger partial charge is 0.250 e. The van der Waals surface area contributed by atoms with Crippen molar-refractivity contribution >= 4 is 56.7 Å². The minimum absolute atomic E-state index is 0.170. The maximum Gasteiger partial charge on any atom is 0.250 e. The highest BCUT2D eigenvalue weighted by Gasteiger charge is 2.39. The summed E-state index contributed by atoms with van der Waals surface area (Å²) in [5, 5.41) is 11.0. The van der Waals surface area contributed by atoms with Gasteiger partial charge in [0, 0.05) is 11.5 Å². The molecule has 4 nitrogen and oxygen atoms in total. The molecule has 136 valence electrons. The summed E-state index contributed by atoms with van der Waals surface area (Å²) in [7, 11) is -1.86. The van der Waals surface area contributed by atoms with Crippen molar-refractivity contribution in [1.82, 2.24) is 15.2 Å². The van der Waals surface area contributed by atoms with E-state index in [1.807, 2.05) is 0 Å². The van der Waals surface area contributed by atoms with E-state index in [1.165, 1.54) is 0 Å². The van der Waals surface area contributed by atoms with E-state index in [2.05, 4.69) is 94.6 Å². The van der Waals surface area contributed by atoms with Crippen LogP contribution in [0.15, 0.2) is 34.1 Å². The van der Waals surface area contributed by atoms with Crippen LogP contribution in [0.5, 0.6) is 5.75 Å². The molecule has 0 radical (unpaired) electrons. The van der Waals surface area contributed by atoms with Gasteiger partial charge in [-0.05, 0) is 57.6 Å². The summed E-state index contributed by atoms with van der Waals surface area (Å²) in [6.45, 7) is 11.3. The second kappa shape index (κ2) is 5.97. The predicted octanol–water partition coefficient (Wildman–Crippen LogP) is 6.92. The molecule has 0 saturated heterocycles. The third-order valence-corrected chi connectivity index (χ3v) is 11.4. The maximum atomic E-state index is 6.46. The van der Waals surface area contributed by atoms with Crippen LogP contribution in [0.1, 0.15) is 20.8 Å². The number of benzene rings is 1. The third kappa shape index (κ3) is 2.82. The molecule has 4 aromatic rings. The van der Waals surface area contributed by atoms with Crippen LogP contribution in [0.3, 0.4) is 0 Å². The van der Waals surface area contributed by atoms with Gasteiger partial charge in [-0.25, -0.2) is 0 Å². The van der Waals surface area contributed by atoms with Crippen LogP contribution in [0, 0.1) is 0 Å². The van der Waals surface area contributed by atoms with E-state index in [4.69, 9.17) is 4.43 Å². The average Bonchev–Trinajstić information content (AvgIpc) is 3.20. The van der Waals surface area contributed by atoms with Crippen LogP contribution >= 0.6 is 27.3 Å². The van der Waals surface area contributed by atoms with E-state index in [1.54, 1.807) is 11.3 Å². The molecule has 0 amide bonds. The summed E-state index contributed by atoms with van der Waals surface area (Å²) < 4.78 is 8.65. The van der Waals surface area contributed by atoms with Crippen molar-refractivity contribution in [2.75, 3.05) is 0 Å².